The highest BCUT2D eigenvalue weighted by Crippen LogP contribution is 2.19. The van der Waals surface area contributed by atoms with Crippen LogP contribution in [0.2, 0.25) is 0 Å². The third-order valence-electron chi connectivity index (χ3n) is 3.38. The first-order valence-corrected chi connectivity index (χ1v) is 6.45. The van der Waals surface area contributed by atoms with Crippen LogP contribution >= 0.6 is 0 Å². The van der Waals surface area contributed by atoms with Gasteiger partial charge in [0.1, 0.15) is 5.82 Å². The van der Waals surface area contributed by atoms with Crippen molar-refractivity contribution in [1.82, 2.24) is 24.6 Å². The number of imidazole rings is 1. The molecule has 2 heterocycles. The maximum absolute atomic E-state index is 4.42. The molecule has 2 aromatic rings. The highest BCUT2D eigenvalue weighted by molar-refractivity contribution is 5.09. The van der Waals surface area contributed by atoms with Gasteiger partial charge in [-0.25, -0.2) is 4.98 Å². The zero-order valence-electron chi connectivity index (χ0n) is 10.9. The van der Waals surface area contributed by atoms with Crippen LogP contribution in [-0.2, 0) is 20.1 Å². The number of hydrogen-bond acceptors (Lipinski definition) is 3. The van der Waals surface area contributed by atoms with Gasteiger partial charge in [0.05, 0.1) is 17.9 Å². The Morgan fingerprint density at radius 3 is 2.94 bits per heavy atom. The van der Waals surface area contributed by atoms with Crippen LogP contribution in [0.1, 0.15) is 30.1 Å². The van der Waals surface area contributed by atoms with E-state index >= 15 is 0 Å². The molecule has 0 radical (unpaired) electrons. The number of rotatable bonds is 5. The molecular weight excluding hydrogens is 226 g/mol. The van der Waals surface area contributed by atoms with Crippen molar-refractivity contribution in [3.63, 3.8) is 0 Å². The smallest absolute Gasteiger partial charge is 0.106 e. The number of nitrogens with one attached hydrogen (secondary N) is 1. The summed E-state index contributed by atoms with van der Waals surface area (Å²) < 4.78 is 4.07. The predicted octanol–water partition coefficient (Wildman–Crippen LogP) is 1.23. The van der Waals surface area contributed by atoms with Gasteiger partial charge in [-0.05, 0) is 25.8 Å². The monoisotopic (exact) mass is 245 g/mol. The molecular formula is C13H19N5. The lowest BCUT2D eigenvalue weighted by atomic mass is 10.3. The van der Waals surface area contributed by atoms with E-state index in [0.717, 1.165) is 30.6 Å². The summed E-state index contributed by atoms with van der Waals surface area (Å²) in [5.74, 6) is 1.05. The van der Waals surface area contributed by atoms with Crippen LogP contribution in [0.4, 0.5) is 0 Å². The van der Waals surface area contributed by atoms with Gasteiger partial charge in [-0.1, -0.05) is 0 Å². The van der Waals surface area contributed by atoms with Gasteiger partial charge in [-0.2, -0.15) is 5.10 Å². The average molecular weight is 245 g/mol. The first-order valence-electron chi connectivity index (χ1n) is 6.45. The fraction of sp³-hybridized carbons (Fsp3) is 0.538. The van der Waals surface area contributed by atoms with E-state index in [1.807, 2.05) is 31.0 Å². The lowest BCUT2D eigenvalue weighted by Crippen LogP contribution is -2.19. The lowest BCUT2D eigenvalue weighted by Gasteiger charge is -2.09. The van der Waals surface area contributed by atoms with Gasteiger partial charge in [-0.15, -0.1) is 0 Å². The molecule has 18 heavy (non-hydrogen) atoms. The van der Waals surface area contributed by atoms with Crippen molar-refractivity contribution in [2.24, 2.45) is 7.05 Å². The van der Waals surface area contributed by atoms with E-state index in [2.05, 4.69) is 26.0 Å². The molecule has 0 saturated heterocycles. The summed E-state index contributed by atoms with van der Waals surface area (Å²) in [6.07, 6.45) is 6.57. The highest BCUT2D eigenvalue weighted by Gasteiger charge is 2.21. The third-order valence-corrected chi connectivity index (χ3v) is 3.38. The van der Waals surface area contributed by atoms with Crippen molar-refractivity contribution in [3.8, 4) is 0 Å². The molecule has 1 aliphatic rings. The summed E-state index contributed by atoms with van der Waals surface area (Å²) >= 11 is 0. The van der Waals surface area contributed by atoms with E-state index in [0.29, 0.717) is 0 Å². The fourth-order valence-electron chi connectivity index (χ4n) is 2.12. The Morgan fingerprint density at radius 2 is 2.28 bits per heavy atom. The van der Waals surface area contributed by atoms with Crippen molar-refractivity contribution in [1.29, 1.82) is 0 Å². The second kappa shape index (κ2) is 4.57. The highest BCUT2D eigenvalue weighted by atomic mass is 15.3. The minimum Gasteiger partial charge on any atom is -0.325 e. The Hall–Kier alpha value is -1.62. The standard InChI is InChI=1S/C13H19N5/c1-10-14-7-13(8-15-11-3-4-11)18(10)9-12-5-6-17(2)16-12/h5-7,11,15H,3-4,8-9H2,1-2H3. The zero-order chi connectivity index (χ0) is 12.5. The topological polar surface area (TPSA) is 47.7 Å². The molecule has 0 aromatic carbocycles. The van der Waals surface area contributed by atoms with Crippen molar-refractivity contribution >= 4 is 0 Å². The van der Waals surface area contributed by atoms with Gasteiger partial charge in [0.2, 0.25) is 0 Å². The summed E-state index contributed by atoms with van der Waals surface area (Å²) in [5, 5.41) is 7.95. The van der Waals surface area contributed by atoms with Crippen LogP contribution in [0.3, 0.4) is 0 Å². The Labute approximate surface area is 107 Å². The van der Waals surface area contributed by atoms with Gasteiger partial charge in [0, 0.05) is 32.0 Å². The Kier molecular flexibility index (Phi) is 2.91. The van der Waals surface area contributed by atoms with Gasteiger partial charge < -0.3 is 9.88 Å². The van der Waals surface area contributed by atoms with Crippen LogP contribution < -0.4 is 5.32 Å². The first-order chi connectivity index (χ1) is 8.72. The quantitative estimate of drug-likeness (QED) is 0.861. The summed E-state index contributed by atoms with van der Waals surface area (Å²) in [6.45, 7) is 3.75. The molecule has 0 aliphatic heterocycles. The maximum Gasteiger partial charge on any atom is 0.106 e. The maximum atomic E-state index is 4.42. The molecule has 3 rings (SSSR count). The van der Waals surface area contributed by atoms with E-state index in [-0.39, 0.29) is 0 Å². The number of hydrogen-bond donors (Lipinski definition) is 1. The molecule has 5 nitrogen and oxygen atoms in total. The third kappa shape index (κ3) is 2.46. The van der Waals surface area contributed by atoms with Crippen LogP contribution in [0.25, 0.3) is 0 Å². The Bertz CT molecular complexity index is 535. The molecule has 5 heteroatoms. The Morgan fingerprint density at radius 1 is 1.44 bits per heavy atom. The van der Waals surface area contributed by atoms with Crippen molar-refractivity contribution < 1.29 is 0 Å². The summed E-state index contributed by atoms with van der Waals surface area (Å²) in [6, 6.07) is 2.78. The minimum atomic E-state index is 0.725. The molecule has 1 saturated carbocycles. The van der Waals surface area contributed by atoms with Gasteiger partial charge >= 0.3 is 0 Å². The molecule has 0 atom stereocenters. The van der Waals surface area contributed by atoms with E-state index in [1.165, 1.54) is 18.5 Å². The van der Waals surface area contributed by atoms with E-state index < -0.39 is 0 Å². The molecule has 96 valence electrons. The van der Waals surface area contributed by atoms with Gasteiger partial charge in [0.15, 0.2) is 0 Å². The van der Waals surface area contributed by atoms with Crippen LogP contribution in [0.15, 0.2) is 18.5 Å². The van der Waals surface area contributed by atoms with Crippen LogP contribution in [0, 0.1) is 6.92 Å². The Balaban J connectivity index is 1.74. The molecule has 0 amide bonds. The molecule has 1 aliphatic carbocycles. The van der Waals surface area contributed by atoms with Crippen LogP contribution in [-0.4, -0.2) is 25.4 Å². The second-order valence-corrected chi connectivity index (χ2v) is 5.02. The molecule has 0 spiro atoms. The first kappa shape index (κ1) is 11.5. The van der Waals surface area contributed by atoms with Gasteiger partial charge in [0.25, 0.3) is 0 Å². The lowest BCUT2D eigenvalue weighted by molar-refractivity contribution is 0.616. The number of aryl methyl sites for hydroxylation is 2. The van der Waals surface area contributed by atoms with E-state index in [4.69, 9.17) is 0 Å². The van der Waals surface area contributed by atoms with Crippen molar-refractivity contribution in [3.05, 3.63) is 35.7 Å². The SMILES string of the molecule is Cc1ncc(CNC2CC2)n1Cc1ccn(C)n1. The van der Waals surface area contributed by atoms with Crippen molar-refractivity contribution in [2.75, 3.05) is 0 Å². The average Bonchev–Trinajstić information content (AvgIpc) is 3.00. The molecule has 0 unspecified atom stereocenters. The van der Waals surface area contributed by atoms with E-state index in [1.54, 1.807) is 0 Å². The molecule has 2 aromatic heterocycles. The summed E-state index contributed by atoms with van der Waals surface area (Å²) in [4.78, 5) is 4.41. The number of nitrogens with zero attached hydrogens (tertiary/aromatic N) is 4. The fourth-order valence-corrected chi connectivity index (χ4v) is 2.12. The van der Waals surface area contributed by atoms with Crippen molar-refractivity contribution in [2.45, 2.75) is 38.9 Å². The van der Waals surface area contributed by atoms with E-state index in [9.17, 15) is 0 Å². The summed E-state index contributed by atoms with van der Waals surface area (Å²) in [7, 11) is 1.94. The largest absolute Gasteiger partial charge is 0.325 e. The normalized spacial score (nSPS) is 15.2. The summed E-state index contributed by atoms with van der Waals surface area (Å²) in [5.41, 5.74) is 2.32. The van der Waals surface area contributed by atoms with Crippen LogP contribution in [0.5, 0.6) is 0 Å². The minimum absolute atomic E-state index is 0.725. The molecule has 0 bridgehead atoms. The second-order valence-electron chi connectivity index (χ2n) is 5.02. The van der Waals surface area contributed by atoms with Gasteiger partial charge in [-0.3, -0.25) is 4.68 Å². The number of aromatic nitrogens is 4. The zero-order valence-corrected chi connectivity index (χ0v) is 10.9. The molecule has 1 N–H and O–H groups in total. The predicted molar refractivity (Wildman–Crippen MR) is 69.1 cm³/mol. The molecule has 1 fully saturated rings.